The zero-order valence-electron chi connectivity index (χ0n) is 13.9. The third kappa shape index (κ3) is 6.02. The van der Waals surface area contributed by atoms with Crippen molar-refractivity contribution in [2.75, 3.05) is 39.8 Å². The molecule has 0 saturated carbocycles. The number of hydrogen-bond donors (Lipinski definition) is 2. The number of hydrogen-bond acceptors (Lipinski definition) is 4. The maximum absolute atomic E-state index is 11.8. The van der Waals surface area contributed by atoms with E-state index in [2.05, 4.69) is 15.6 Å². The van der Waals surface area contributed by atoms with Crippen LogP contribution in [0, 0.1) is 0 Å². The lowest BCUT2D eigenvalue weighted by Gasteiger charge is -2.36. The molecule has 2 N–H and O–H groups in total. The Hall–Kier alpha value is -1.78. The largest absolute Gasteiger partial charge is 0.467 e. The van der Waals surface area contributed by atoms with Gasteiger partial charge in [0.1, 0.15) is 5.76 Å². The lowest BCUT2D eigenvalue weighted by Crippen LogP contribution is -2.54. The smallest absolute Gasteiger partial charge is 0.239 e. The van der Waals surface area contributed by atoms with Crippen molar-refractivity contribution in [2.45, 2.75) is 13.5 Å². The predicted molar refractivity (Wildman–Crippen MR) is 101 cm³/mol. The van der Waals surface area contributed by atoms with Gasteiger partial charge in [0.2, 0.25) is 11.8 Å². The molecule has 0 unspecified atom stereocenters. The molecule has 0 bridgehead atoms. The number of nitrogens with one attached hydrogen (secondary N) is 2. The van der Waals surface area contributed by atoms with E-state index in [1.165, 1.54) is 0 Å². The molecule has 1 aliphatic heterocycles. The Balaban J connectivity index is 0.00000288. The minimum atomic E-state index is -0.134. The second-order valence-corrected chi connectivity index (χ2v) is 5.25. The van der Waals surface area contributed by atoms with E-state index < -0.39 is 0 Å². The number of furan rings is 1. The highest BCUT2D eigenvalue weighted by molar-refractivity contribution is 14.0. The molecular weight excluding hydrogens is 425 g/mol. The number of carbonyl (C=O) groups is 2. The Morgan fingerprint density at radius 2 is 1.88 bits per heavy atom. The maximum atomic E-state index is 11.8. The third-order valence-electron chi connectivity index (χ3n) is 3.68. The Bertz CT molecular complexity index is 553. The Morgan fingerprint density at radius 1 is 1.21 bits per heavy atom. The molecular formula is C15H24IN5O3. The van der Waals surface area contributed by atoms with E-state index >= 15 is 0 Å². The number of carbonyl (C=O) groups excluding carboxylic acids is 2. The first-order valence-corrected chi connectivity index (χ1v) is 7.60. The number of rotatable bonds is 4. The zero-order valence-corrected chi connectivity index (χ0v) is 16.3. The number of guanidine groups is 1. The van der Waals surface area contributed by atoms with E-state index in [0.717, 1.165) is 0 Å². The first-order chi connectivity index (χ1) is 11.1. The van der Waals surface area contributed by atoms with Crippen LogP contribution < -0.4 is 10.6 Å². The molecule has 0 radical (unpaired) electrons. The standard InChI is InChI=1S/C15H23N5O3.HI/c1-12(21)19-5-7-20(8-6-19)15(16-2)18-11-14(22)17-10-13-4-3-9-23-13;/h3-4,9H,5-8,10-11H2,1-2H3,(H,16,18)(H,17,22);1H. The molecule has 134 valence electrons. The molecule has 2 rings (SSSR count). The van der Waals surface area contributed by atoms with Crippen LogP contribution in [0.3, 0.4) is 0 Å². The average molecular weight is 449 g/mol. The minimum absolute atomic E-state index is 0. The normalized spacial score (nSPS) is 14.8. The summed E-state index contributed by atoms with van der Waals surface area (Å²) in [5, 5.41) is 5.81. The van der Waals surface area contributed by atoms with Crippen molar-refractivity contribution in [1.82, 2.24) is 20.4 Å². The predicted octanol–water partition coefficient (Wildman–Crippen LogP) is 0.253. The molecule has 8 nitrogen and oxygen atoms in total. The summed E-state index contributed by atoms with van der Waals surface area (Å²) in [6, 6.07) is 3.59. The fraction of sp³-hybridized carbons (Fsp3) is 0.533. The average Bonchev–Trinajstić information content (AvgIpc) is 3.07. The van der Waals surface area contributed by atoms with E-state index in [0.29, 0.717) is 44.4 Å². The van der Waals surface area contributed by atoms with Gasteiger partial charge in [0.15, 0.2) is 5.96 Å². The molecule has 1 aliphatic rings. The Kier molecular flexibility index (Phi) is 8.58. The van der Waals surface area contributed by atoms with Gasteiger partial charge in [0.05, 0.1) is 19.4 Å². The van der Waals surface area contributed by atoms with Crippen LogP contribution in [0.4, 0.5) is 0 Å². The van der Waals surface area contributed by atoms with Crippen molar-refractivity contribution in [3.63, 3.8) is 0 Å². The SMILES string of the molecule is CN=C(NCC(=O)NCc1ccco1)N1CCN(C(C)=O)CC1.I. The lowest BCUT2D eigenvalue weighted by atomic mass is 10.3. The van der Waals surface area contributed by atoms with Gasteiger partial charge in [0.25, 0.3) is 0 Å². The molecule has 24 heavy (non-hydrogen) atoms. The van der Waals surface area contributed by atoms with E-state index in [4.69, 9.17) is 4.42 Å². The first kappa shape index (κ1) is 20.3. The van der Waals surface area contributed by atoms with E-state index in [-0.39, 0.29) is 42.3 Å². The molecule has 1 saturated heterocycles. The summed E-state index contributed by atoms with van der Waals surface area (Å²) in [6.45, 7) is 4.82. The van der Waals surface area contributed by atoms with Gasteiger partial charge in [-0.25, -0.2) is 0 Å². The maximum Gasteiger partial charge on any atom is 0.239 e. The second kappa shape index (κ2) is 10.2. The summed E-state index contributed by atoms with van der Waals surface area (Å²) >= 11 is 0. The summed E-state index contributed by atoms with van der Waals surface area (Å²) in [4.78, 5) is 31.2. The molecule has 0 aromatic carbocycles. The summed E-state index contributed by atoms with van der Waals surface area (Å²) in [6.07, 6.45) is 1.57. The van der Waals surface area contributed by atoms with Gasteiger partial charge in [-0.15, -0.1) is 24.0 Å². The van der Waals surface area contributed by atoms with Crippen LogP contribution in [0.1, 0.15) is 12.7 Å². The van der Waals surface area contributed by atoms with Gasteiger partial charge < -0.3 is 24.9 Å². The zero-order chi connectivity index (χ0) is 16.7. The van der Waals surface area contributed by atoms with Crippen molar-refractivity contribution >= 4 is 41.8 Å². The second-order valence-electron chi connectivity index (χ2n) is 5.25. The summed E-state index contributed by atoms with van der Waals surface area (Å²) in [5.74, 6) is 1.33. The van der Waals surface area contributed by atoms with Crippen LogP contribution >= 0.6 is 24.0 Å². The van der Waals surface area contributed by atoms with Crippen molar-refractivity contribution in [3.8, 4) is 0 Å². The summed E-state index contributed by atoms with van der Waals surface area (Å²) in [7, 11) is 1.68. The van der Waals surface area contributed by atoms with E-state index in [1.807, 2.05) is 4.90 Å². The molecule has 2 heterocycles. The van der Waals surface area contributed by atoms with Crippen LogP contribution in [0.5, 0.6) is 0 Å². The fourth-order valence-corrected chi connectivity index (χ4v) is 2.39. The van der Waals surface area contributed by atoms with Crippen LogP contribution in [0.25, 0.3) is 0 Å². The van der Waals surface area contributed by atoms with Crippen LogP contribution in [0.15, 0.2) is 27.8 Å². The lowest BCUT2D eigenvalue weighted by molar-refractivity contribution is -0.130. The third-order valence-corrected chi connectivity index (χ3v) is 3.68. The molecule has 1 aromatic rings. The van der Waals surface area contributed by atoms with Gasteiger partial charge in [-0.1, -0.05) is 0 Å². The number of nitrogens with zero attached hydrogens (tertiary/aromatic N) is 3. The van der Waals surface area contributed by atoms with Crippen molar-refractivity contribution in [3.05, 3.63) is 24.2 Å². The van der Waals surface area contributed by atoms with E-state index in [9.17, 15) is 9.59 Å². The monoisotopic (exact) mass is 449 g/mol. The molecule has 0 spiro atoms. The van der Waals surface area contributed by atoms with Crippen LogP contribution in [-0.4, -0.2) is 67.3 Å². The fourth-order valence-electron chi connectivity index (χ4n) is 2.39. The van der Waals surface area contributed by atoms with Crippen LogP contribution in [-0.2, 0) is 16.1 Å². The number of amides is 2. The van der Waals surface area contributed by atoms with Gasteiger partial charge in [0, 0.05) is 40.2 Å². The van der Waals surface area contributed by atoms with E-state index in [1.54, 1.807) is 37.3 Å². The minimum Gasteiger partial charge on any atom is -0.467 e. The number of halogens is 1. The van der Waals surface area contributed by atoms with Crippen molar-refractivity contribution in [2.24, 2.45) is 4.99 Å². The van der Waals surface area contributed by atoms with Crippen molar-refractivity contribution in [1.29, 1.82) is 0 Å². The number of piperazine rings is 1. The molecule has 0 aliphatic carbocycles. The molecule has 0 atom stereocenters. The molecule has 1 aromatic heterocycles. The molecule has 9 heteroatoms. The van der Waals surface area contributed by atoms with Crippen molar-refractivity contribution < 1.29 is 14.0 Å². The Morgan fingerprint density at radius 3 is 2.42 bits per heavy atom. The number of aliphatic imine (C=N–C) groups is 1. The molecule has 2 amide bonds. The highest BCUT2D eigenvalue weighted by atomic mass is 127. The highest BCUT2D eigenvalue weighted by Gasteiger charge is 2.21. The van der Waals surface area contributed by atoms with Gasteiger partial charge in [-0.05, 0) is 12.1 Å². The summed E-state index contributed by atoms with van der Waals surface area (Å²) < 4.78 is 5.16. The molecule has 1 fully saturated rings. The first-order valence-electron chi connectivity index (χ1n) is 7.60. The van der Waals surface area contributed by atoms with Crippen LogP contribution in [0.2, 0.25) is 0 Å². The van der Waals surface area contributed by atoms with Gasteiger partial charge in [-0.3, -0.25) is 14.6 Å². The summed E-state index contributed by atoms with van der Waals surface area (Å²) in [5.41, 5.74) is 0. The van der Waals surface area contributed by atoms with Gasteiger partial charge in [-0.2, -0.15) is 0 Å². The highest BCUT2D eigenvalue weighted by Crippen LogP contribution is 2.02. The topological polar surface area (TPSA) is 90.2 Å². The quantitative estimate of drug-likeness (QED) is 0.391. The Labute approximate surface area is 158 Å². The van der Waals surface area contributed by atoms with Gasteiger partial charge >= 0.3 is 0 Å².